The van der Waals surface area contributed by atoms with Crippen LogP contribution >= 0.6 is 22.9 Å². The molecule has 3 nitrogen and oxygen atoms in total. The number of hydrogen-bond acceptors (Lipinski definition) is 4. The first-order valence-electron chi connectivity index (χ1n) is 8.45. The molecule has 2 heterocycles. The van der Waals surface area contributed by atoms with E-state index in [1.807, 2.05) is 18.2 Å². The lowest BCUT2D eigenvalue weighted by atomic mass is 10.00. The number of rotatable bonds is 2. The van der Waals surface area contributed by atoms with Gasteiger partial charge in [0.15, 0.2) is 5.82 Å². The molecule has 0 radical (unpaired) electrons. The van der Waals surface area contributed by atoms with E-state index in [0.717, 1.165) is 17.8 Å². The van der Waals surface area contributed by atoms with Gasteiger partial charge in [0.2, 0.25) is 5.28 Å². The van der Waals surface area contributed by atoms with Gasteiger partial charge in [0.05, 0.1) is 0 Å². The zero-order chi connectivity index (χ0) is 17.5. The molecule has 2 aromatic carbocycles. The highest BCUT2D eigenvalue weighted by atomic mass is 35.5. The van der Waals surface area contributed by atoms with Gasteiger partial charge in [0.1, 0.15) is 5.82 Å². The Morgan fingerprint density at radius 3 is 2.69 bits per heavy atom. The van der Waals surface area contributed by atoms with E-state index in [9.17, 15) is 0 Å². The fourth-order valence-corrected chi connectivity index (χ4v) is 4.68. The Hall–Kier alpha value is -2.56. The molecule has 1 aliphatic rings. The van der Waals surface area contributed by atoms with Gasteiger partial charge >= 0.3 is 0 Å². The fourth-order valence-electron chi connectivity index (χ4n) is 3.38. The second-order valence-electron chi connectivity index (χ2n) is 6.22. The number of aromatic nitrogens is 3. The zero-order valence-corrected chi connectivity index (χ0v) is 15.3. The van der Waals surface area contributed by atoms with Crippen molar-refractivity contribution in [2.75, 3.05) is 0 Å². The first-order chi connectivity index (χ1) is 12.8. The zero-order valence-electron chi connectivity index (χ0n) is 13.8. The average molecular weight is 376 g/mol. The second-order valence-corrected chi connectivity index (χ2v) is 7.64. The molecule has 1 unspecified atom stereocenters. The molecule has 2 aromatic heterocycles. The van der Waals surface area contributed by atoms with Crippen molar-refractivity contribution in [2.45, 2.75) is 12.3 Å². The van der Waals surface area contributed by atoms with Crippen LogP contribution in [0.15, 0.2) is 66.8 Å². The molecule has 1 aliphatic carbocycles. The highest BCUT2D eigenvalue weighted by molar-refractivity contribution is 7.25. The smallest absolute Gasteiger partial charge is 0.212 e. The summed E-state index contributed by atoms with van der Waals surface area (Å²) in [7, 11) is 0. The van der Waals surface area contributed by atoms with Crippen molar-refractivity contribution in [3.05, 3.63) is 77.9 Å². The third-order valence-corrected chi connectivity index (χ3v) is 5.89. The summed E-state index contributed by atoms with van der Waals surface area (Å²) in [5.74, 6) is 1.49. The van der Waals surface area contributed by atoms with Crippen molar-refractivity contribution in [3.8, 4) is 11.4 Å². The van der Waals surface area contributed by atoms with Gasteiger partial charge in [0, 0.05) is 31.7 Å². The molecule has 126 valence electrons. The van der Waals surface area contributed by atoms with Gasteiger partial charge in [-0.3, -0.25) is 0 Å². The van der Waals surface area contributed by atoms with Crippen molar-refractivity contribution in [1.29, 1.82) is 0 Å². The topological polar surface area (TPSA) is 38.7 Å². The van der Waals surface area contributed by atoms with E-state index >= 15 is 0 Å². The molecule has 5 heteroatoms. The van der Waals surface area contributed by atoms with Crippen LogP contribution in [0.2, 0.25) is 5.28 Å². The van der Waals surface area contributed by atoms with Crippen molar-refractivity contribution in [3.63, 3.8) is 0 Å². The molecule has 0 spiro atoms. The molecule has 0 fully saturated rings. The Labute approximate surface area is 159 Å². The van der Waals surface area contributed by atoms with Crippen molar-refractivity contribution >= 4 is 43.1 Å². The van der Waals surface area contributed by atoms with Gasteiger partial charge in [-0.05, 0) is 30.2 Å². The van der Waals surface area contributed by atoms with Gasteiger partial charge in [0.25, 0.3) is 0 Å². The highest BCUT2D eigenvalue weighted by Gasteiger charge is 2.18. The van der Waals surface area contributed by atoms with Crippen LogP contribution in [0.3, 0.4) is 0 Å². The molecule has 5 rings (SSSR count). The van der Waals surface area contributed by atoms with E-state index in [1.165, 1.54) is 20.2 Å². The lowest BCUT2D eigenvalue weighted by Crippen LogP contribution is -2.06. The summed E-state index contributed by atoms with van der Waals surface area (Å²) >= 11 is 8.04. The number of allylic oxidation sites excluding steroid dienone is 4. The molecular formula is C21H14ClN3S. The minimum atomic E-state index is 0.137. The van der Waals surface area contributed by atoms with Gasteiger partial charge in [-0.2, -0.15) is 4.98 Å². The predicted molar refractivity (Wildman–Crippen MR) is 109 cm³/mol. The Balaban J connectivity index is 1.74. The maximum absolute atomic E-state index is 6.26. The molecule has 0 saturated carbocycles. The van der Waals surface area contributed by atoms with Crippen molar-refractivity contribution < 1.29 is 0 Å². The van der Waals surface area contributed by atoms with Crippen LogP contribution < -0.4 is 0 Å². The van der Waals surface area contributed by atoms with Gasteiger partial charge < -0.3 is 0 Å². The van der Waals surface area contributed by atoms with E-state index < -0.39 is 0 Å². The quantitative estimate of drug-likeness (QED) is 0.421. The summed E-state index contributed by atoms with van der Waals surface area (Å²) < 4.78 is 2.48. The maximum Gasteiger partial charge on any atom is 0.226 e. The highest BCUT2D eigenvalue weighted by Crippen LogP contribution is 2.39. The van der Waals surface area contributed by atoms with Crippen LogP contribution in [0.4, 0.5) is 0 Å². The number of thiophene rings is 1. The van der Waals surface area contributed by atoms with Gasteiger partial charge in [-0.25, -0.2) is 9.97 Å². The van der Waals surface area contributed by atoms with Crippen molar-refractivity contribution in [2.24, 2.45) is 0 Å². The van der Waals surface area contributed by atoms with E-state index in [0.29, 0.717) is 5.82 Å². The van der Waals surface area contributed by atoms with E-state index in [-0.39, 0.29) is 11.2 Å². The lowest BCUT2D eigenvalue weighted by Gasteiger charge is -2.13. The summed E-state index contributed by atoms with van der Waals surface area (Å²) in [5.41, 5.74) is 1.00. The largest absolute Gasteiger partial charge is 0.226 e. The molecule has 0 saturated heterocycles. The van der Waals surface area contributed by atoms with Crippen LogP contribution in [-0.4, -0.2) is 15.0 Å². The van der Waals surface area contributed by atoms with Crippen molar-refractivity contribution in [1.82, 2.24) is 15.0 Å². The molecule has 0 aliphatic heterocycles. The SMILES string of the molecule is Clc1nc(-c2cccc3sc4ccccc4c23)nc(C2C=CC=CC2)n1. The number of benzene rings is 2. The van der Waals surface area contributed by atoms with Crippen LogP contribution in [0.1, 0.15) is 18.2 Å². The molecule has 0 amide bonds. The predicted octanol–water partition coefficient (Wildman–Crippen LogP) is 6.16. The Morgan fingerprint density at radius 2 is 1.81 bits per heavy atom. The molecule has 0 bridgehead atoms. The monoisotopic (exact) mass is 375 g/mol. The lowest BCUT2D eigenvalue weighted by molar-refractivity contribution is 0.762. The number of halogens is 1. The molecule has 0 N–H and O–H groups in total. The maximum atomic E-state index is 6.26. The second kappa shape index (κ2) is 6.31. The standard InChI is InChI=1S/C21H14ClN3S/c22-21-24-19(13-7-2-1-3-8-13)23-20(25-21)15-10-6-12-17-18(15)14-9-4-5-11-16(14)26-17/h1-7,9-13H,8H2. The summed E-state index contributed by atoms with van der Waals surface area (Å²) in [6.45, 7) is 0. The number of nitrogens with zero attached hydrogens (tertiary/aromatic N) is 3. The van der Waals surface area contributed by atoms with Gasteiger partial charge in [-0.15, -0.1) is 11.3 Å². The normalized spacial score (nSPS) is 16.6. The third-order valence-electron chi connectivity index (χ3n) is 4.58. The Morgan fingerprint density at radius 1 is 0.923 bits per heavy atom. The average Bonchev–Trinajstić information content (AvgIpc) is 3.07. The molecule has 26 heavy (non-hydrogen) atoms. The summed E-state index contributed by atoms with van der Waals surface area (Å²) in [6.07, 6.45) is 9.17. The third kappa shape index (κ3) is 2.62. The number of fused-ring (bicyclic) bond motifs is 3. The molecule has 4 aromatic rings. The minimum Gasteiger partial charge on any atom is -0.212 e. The fraction of sp³-hybridized carbons (Fsp3) is 0.0952. The van der Waals surface area contributed by atoms with Gasteiger partial charge in [-0.1, -0.05) is 54.6 Å². The first-order valence-corrected chi connectivity index (χ1v) is 9.64. The first kappa shape index (κ1) is 15.7. The Kier molecular flexibility index (Phi) is 3.80. The number of hydrogen-bond donors (Lipinski definition) is 0. The molecular weight excluding hydrogens is 362 g/mol. The molecule has 1 atom stereocenters. The van der Waals surface area contributed by atoms with Crippen LogP contribution in [-0.2, 0) is 0 Å². The van der Waals surface area contributed by atoms with E-state index in [1.54, 1.807) is 11.3 Å². The van der Waals surface area contributed by atoms with Crippen LogP contribution in [0, 0.1) is 0 Å². The summed E-state index contributed by atoms with van der Waals surface area (Å²) in [5, 5.41) is 2.64. The van der Waals surface area contributed by atoms with Crippen LogP contribution in [0.25, 0.3) is 31.6 Å². The summed E-state index contributed by atoms with van der Waals surface area (Å²) in [6, 6.07) is 14.7. The summed E-state index contributed by atoms with van der Waals surface area (Å²) in [4.78, 5) is 13.6. The Bertz CT molecular complexity index is 1190. The van der Waals surface area contributed by atoms with E-state index in [4.69, 9.17) is 16.6 Å². The van der Waals surface area contributed by atoms with E-state index in [2.05, 4.69) is 58.5 Å². The van der Waals surface area contributed by atoms with Crippen LogP contribution in [0.5, 0.6) is 0 Å². The minimum absolute atomic E-state index is 0.137.